The Balaban J connectivity index is 1.90. The lowest BCUT2D eigenvalue weighted by Crippen LogP contribution is -2.17. The zero-order valence-electron chi connectivity index (χ0n) is 12.2. The topological polar surface area (TPSA) is 24.9 Å². The van der Waals surface area contributed by atoms with E-state index in [1.165, 1.54) is 22.5 Å². The molecule has 0 spiro atoms. The monoisotopic (exact) mass is 308 g/mol. The van der Waals surface area contributed by atoms with E-state index in [0.29, 0.717) is 12.0 Å². The third kappa shape index (κ3) is 4.58. The van der Waals surface area contributed by atoms with Gasteiger partial charge in [-0.25, -0.2) is 4.98 Å². The van der Waals surface area contributed by atoms with Crippen molar-refractivity contribution in [2.24, 2.45) is 5.92 Å². The average Bonchev–Trinajstić information content (AvgIpc) is 2.82. The van der Waals surface area contributed by atoms with Crippen molar-refractivity contribution in [1.82, 2.24) is 10.3 Å². The highest BCUT2D eigenvalue weighted by atomic mass is 35.5. The maximum atomic E-state index is 5.88. The molecule has 0 aliphatic rings. The van der Waals surface area contributed by atoms with E-state index in [2.05, 4.69) is 55.3 Å². The molecule has 108 valence electrons. The molecule has 0 aliphatic carbocycles. The molecule has 1 heterocycles. The molecule has 20 heavy (non-hydrogen) atoms. The molecule has 2 aromatic rings. The summed E-state index contributed by atoms with van der Waals surface area (Å²) in [5, 5.41) is 4.50. The van der Waals surface area contributed by atoms with Crippen molar-refractivity contribution in [3.63, 3.8) is 0 Å². The van der Waals surface area contributed by atoms with Crippen LogP contribution in [0.15, 0.2) is 30.5 Å². The van der Waals surface area contributed by atoms with Crippen LogP contribution in [0.2, 0.25) is 4.34 Å². The number of benzene rings is 1. The third-order valence-corrected chi connectivity index (χ3v) is 4.32. The van der Waals surface area contributed by atoms with Gasteiger partial charge in [0.05, 0.1) is 6.20 Å². The first kappa shape index (κ1) is 15.5. The van der Waals surface area contributed by atoms with Gasteiger partial charge in [-0.3, -0.25) is 0 Å². The van der Waals surface area contributed by atoms with E-state index in [-0.39, 0.29) is 0 Å². The third-order valence-electron chi connectivity index (χ3n) is 3.21. The molecular formula is C16H21ClN2S. The zero-order valence-corrected chi connectivity index (χ0v) is 13.8. The zero-order chi connectivity index (χ0) is 14.5. The van der Waals surface area contributed by atoms with E-state index < -0.39 is 0 Å². The highest BCUT2D eigenvalue weighted by Gasteiger charge is 2.07. The van der Waals surface area contributed by atoms with Gasteiger partial charge in [0, 0.05) is 12.6 Å². The summed E-state index contributed by atoms with van der Waals surface area (Å²) < 4.78 is 0.743. The molecule has 2 rings (SSSR count). The summed E-state index contributed by atoms with van der Waals surface area (Å²) in [7, 11) is 0. The molecule has 1 aromatic heterocycles. The van der Waals surface area contributed by atoms with Gasteiger partial charge >= 0.3 is 0 Å². The standard InChI is InChI=1S/C16H21ClN2S/c1-11(2)8-13-4-6-14(7-5-13)12(3)18-10-16-19-9-15(17)20-16/h4-7,9,11-12,18H,8,10H2,1-3H3. The van der Waals surface area contributed by atoms with Crippen molar-refractivity contribution < 1.29 is 0 Å². The number of hydrogen-bond donors (Lipinski definition) is 1. The van der Waals surface area contributed by atoms with Crippen molar-refractivity contribution in [2.75, 3.05) is 0 Å². The number of rotatable bonds is 6. The van der Waals surface area contributed by atoms with Crippen LogP contribution in [0, 0.1) is 5.92 Å². The van der Waals surface area contributed by atoms with Crippen LogP contribution in [0.4, 0.5) is 0 Å². The normalized spacial score (nSPS) is 12.8. The quantitative estimate of drug-likeness (QED) is 0.825. The molecule has 1 atom stereocenters. The van der Waals surface area contributed by atoms with Crippen LogP contribution in [0.25, 0.3) is 0 Å². The molecule has 0 fully saturated rings. The molecule has 2 nitrogen and oxygen atoms in total. The molecule has 0 radical (unpaired) electrons. The SMILES string of the molecule is CC(C)Cc1ccc(C(C)NCc2ncc(Cl)s2)cc1. The first-order valence-corrected chi connectivity index (χ1v) is 8.16. The number of nitrogens with zero attached hydrogens (tertiary/aromatic N) is 1. The lowest BCUT2D eigenvalue weighted by Gasteiger charge is -2.14. The van der Waals surface area contributed by atoms with Crippen LogP contribution in [-0.2, 0) is 13.0 Å². The Morgan fingerprint density at radius 3 is 2.45 bits per heavy atom. The van der Waals surface area contributed by atoms with E-state index in [1.807, 2.05) is 0 Å². The number of hydrogen-bond acceptors (Lipinski definition) is 3. The molecule has 1 unspecified atom stereocenters. The minimum atomic E-state index is 0.311. The summed E-state index contributed by atoms with van der Waals surface area (Å²) in [5.41, 5.74) is 2.71. The van der Waals surface area contributed by atoms with Crippen molar-refractivity contribution in [1.29, 1.82) is 0 Å². The van der Waals surface area contributed by atoms with Crippen LogP contribution in [0.5, 0.6) is 0 Å². The maximum Gasteiger partial charge on any atom is 0.113 e. The average molecular weight is 309 g/mol. The van der Waals surface area contributed by atoms with Crippen LogP contribution in [0.1, 0.15) is 42.9 Å². The Bertz CT molecular complexity index is 534. The molecule has 0 aliphatic heterocycles. The van der Waals surface area contributed by atoms with Gasteiger partial charge in [0.1, 0.15) is 9.34 Å². The van der Waals surface area contributed by atoms with Crippen LogP contribution >= 0.6 is 22.9 Å². The van der Waals surface area contributed by atoms with Crippen LogP contribution in [0.3, 0.4) is 0 Å². The van der Waals surface area contributed by atoms with Gasteiger partial charge in [-0.15, -0.1) is 11.3 Å². The van der Waals surface area contributed by atoms with Crippen molar-refractivity contribution in [3.8, 4) is 0 Å². The van der Waals surface area contributed by atoms with Gasteiger partial charge in [0.15, 0.2) is 0 Å². The summed E-state index contributed by atoms with van der Waals surface area (Å²) >= 11 is 7.41. The summed E-state index contributed by atoms with van der Waals surface area (Å²) in [6.07, 6.45) is 2.84. The number of thiazole rings is 1. The van der Waals surface area contributed by atoms with Gasteiger partial charge < -0.3 is 5.32 Å². The predicted molar refractivity (Wildman–Crippen MR) is 87.4 cm³/mol. The first-order chi connectivity index (χ1) is 9.54. The Hall–Kier alpha value is -0.900. The number of nitrogens with one attached hydrogen (secondary N) is 1. The largest absolute Gasteiger partial charge is 0.304 e. The highest BCUT2D eigenvalue weighted by molar-refractivity contribution is 7.15. The van der Waals surface area contributed by atoms with E-state index in [9.17, 15) is 0 Å². The first-order valence-electron chi connectivity index (χ1n) is 6.97. The number of halogens is 1. The van der Waals surface area contributed by atoms with Crippen molar-refractivity contribution >= 4 is 22.9 Å². The number of aromatic nitrogens is 1. The molecule has 4 heteroatoms. The smallest absolute Gasteiger partial charge is 0.113 e. The summed E-state index contributed by atoms with van der Waals surface area (Å²) in [6.45, 7) is 7.42. The molecular weight excluding hydrogens is 288 g/mol. The summed E-state index contributed by atoms with van der Waals surface area (Å²) in [6, 6.07) is 9.20. The van der Waals surface area contributed by atoms with E-state index in [1.54, 1.807) is 6.20 Å². The second-order valence-corrected chi connectivity index (χ2v) is 7.25. The fourth-order valence-corrected chi connectivity index (χ4v) is 3.05. The Morgan fingerprint density at radius 2 is 1.90 bits per heavy atom. The fraction of sp³-hybridized carbons (Fsp3) is 0.438. The fourth-order valence-electron chi connectivity index (χ4n) is 2.14. The van der Waals surface area contributed by atoms with Crippen molar-refractivity contribution in [3.05, 3.63) is 50.9 Å². The second-order valence-electron chi connectivity index (χ2n) is 5.50. The predicted octanol–water partition coefficient (Wildman–Crippen LogP) is 4.85. The van der Waals surface area contributed by atoms with E-state index >= 15 is 0 Å². The molecule has 0 bridgehead atoms. The summed E-state index contributed by atoms with van der Waals surface area (Å²) in [4.78, 5) is 4.25. The van der Waals surface area contributed by atoms with Gasteiger partial charge in [-0.2, -0.15) is 0 Å². The molecule has 1 aromatic carbocycles. The second kappa shape index (κ2) is 7.21. The summed E-state index contributed by atoms with van der Waals surface area (Å²) in [5.74, 6) is 0.700. The Labute approximate surface area is 130 Å². The van der Waals surface area contributed by atoms with Crippen LogP contribution in [-0.4, -0.2) is 4.98 Å². The minimum absolute atomic E-state index is 0.311. The lowest BCUT2D eigenvalue weighted by atomic mass is 10.00. The Morgan fingerprint density at radius 1 is 1.20 bits per heavy atom. The lowest BCUT2D eigenvalue weighted by molar-refractivity contribution is 0.572. The van der Waals surface area contributed by atoms with Gasteiger partial charge in [-0.1, -0.05) is 49.7 Å². The van der Waals surface area contributed by atoms with Gasteiger partial charge in [0.2, 0.25) is 0 Å². The minimum Gasteiger partial charge on any atom is -0.304 e. The van der Waals surface area contributed by atoms with Gasteiger partial charge in [0.25, 0.3) is 0 Å². The Kier molecular flexibility index (Phi) is 5.58. The van der Waals surface area contributed by atoms with Crippen molar-refractivity contribution in [2.45, 2.75) is 39.8 Å². The van der Waals surface area contributed by atoms with Gasteiger partial charge in [-0.05, 0) is 30.4 Å². The van der Waals surface area contributed by atoms with E-state index in [4.69, 9.17) is 11.6 Å². The van der Waals surface area contributed by atoms with E-state index in [0.717, 1.165) is 22.3 Å². The molecule has 0 saturated carbocycles. The molecule has 1 N–H and O–H groups in total. The highest BCUT2D eigenvalue weighted by Crippen LogP contribution is 2.20. The maximum absolute atomic E-state index is 5.88. The molecule has 0 amide bonds. The van der Waals surface area contributed by atoms with Crippen LogP contribution < -0.4 is 5.32 Å². The molecule has 0 saturated heterocycles.